The van der Waals surface area contributed by atoms with Crippen LogP contribution >= 0.6 is 22.6 Å². The molecular formula is C24H28IN7OS. The third-order valence-corrected chi connectivity index (χ3v) is 9.68. The molecule has 2 atom stereocenters. The van der Waals surface area contributed by atoms with Crippen LogP contribution in [0.25, 0.3) is 16.7 Å². The highest BCUT2D eigenvalue weighted by Crippen LogP contribution is 2.52. The maximum atomic E-state index is 13.1. The highest BCUT2D eigenvalue weighted by Gasteiger charge is 2.50. The van der Waals surface area contributed by atoms with E-state index in [0.29, 0.717) is 5.65 Å². The molecule has 0 saturated carbocycles. The lowest BCUT2D eigenvalue weighted by atomic mass is 9.73. The Labute approximate surface area is 215 Å². The van der Waals surface area contributed by atoms with Crippen molar-refractivity contribution < 1.29 is 4.55 Å². The molecule has 4 heterocycles. The van der Waals surface area contributed by atoms with Crippen molar-refractivity contribution in [2.45, 2.75) is 50.8 Å². The standard InChI is InChI=1S/C24H28IN7OS/c1-23(2,3)34(33)30-18-16-7-5-4-6-15(16)14-24(18)8-11-31(12-9-24)22-27-20-17(19(25)28-29-20)21-26-10-13-32(21)22/h4-7,10,13,18,30H,8-9,11-12,14H2,1-3H3,(H,28,29)/t18-,34?/m1/s1. The van der Waals surface area contributed by atoms with Crippen LogP contribution < -0.4 is 9.62 Å². The van der Waals surface area contributed by atoms with Crippen LogP contribution in [0.1, 0.15) is 50.8 Å². The predicted octanol–water partition coefficient (Wildman–Crippen LogP) is 4.15. The summed E-state index contributed by atoms with van der Waals surface area (Å²) in [5, 5.41) is 8.40. The minimum Gasteiger partial charge on any atom is -0.598 e. The zero-order valence-corrected chi connectivity index (χ0v) is 22.5. The molecule has 3 aromatic heterocycles. The molecule has 10 heteroatoms. The summed E-state index contributed by atoms with van der Waals surface area (Å²) >= 11 is 1.11. The van der Waals surface area contributed by atoms with Gasteiger partial charge in [0.15, 0.2) is 11.3 Å². The number of fused-ring (bicyclic) bond motifs is 4. The second-order valence-electron chi connectivity index (χ2n) is 10.4. The van der Waals surface area contributed by atoms with Crippen LogP contribution in [0.4, 0.5) is 5.95 Å². The normalized spacial score (nSPS) is 21.0. The minimum absolute atomic E-state index is 0.0426. The van der Waals surface area contributed by atoms with E-state index in [0.717, 1.165) is 53.0 Å². The molecule has 0 radical (unpaired) electrons. The first-order valence-corrected chi connectivity index (χ1v) is 13.9. The average molecular weight is 590 g/mol. The summed E-state index contributed by atoms with van der Waals surface area (Å²) < 4.78 is 19.4. The maximum Gasteiger partial charge on any atom is 0.213 e. The average Bonchev–Trinajstić information content (AvgIpc) is 3.50. The number of rotatable bonds is 3. The van der Waals surface area contributed by atoms with Crippen LogP contribution in [0.5, 0.6) is 0 Å². The molecule has 1 saturated heterocycles. The van der Waals surface area contributed by atoms with Crippen molar-refractivity contribution in [1.82, 2.24) is 29.3 Å². The van der Waals surface area contributed by atoms with Gasteiger partial charge in [0, 0.05) is 42.3 Å². The van der Waals surface area contributed by atoms with Crippen LogP contribution in [0.15, 0.2) is 36.7 Å². The molecule has 2 aliphatic rings. The second kappa shape index (κ2) is 8.07. The van der Waals surface area contributed by atoms with Crippen LogP contribution in [-0.2, 0) is 17.8 Å². The number of H-pyrrole nitrogens is 1. The minimum atomic E-state index is -1.13. The van der Waals surface area contributed by atoms with Gasteiger partial charge in [0.25, 0.3) is 0 Å². The third-order valence-electron chi connectivity index (χ3n) is 7.33. The molecule has 178 valence electrons. The number of anilines is 1. The van der Waals surface area contributed by atoms with Crippen LogP contribution in [0.2, 0.25) is 0 Å². The Morgan fingerprint density at radius 1 is 1.24 bits per heavy atom. The van der Waals surface area contributed by atoms with E-state index in [1.807, 2.05) is 33.2 Å². The van der Waals surface area contributed by atoms with Gasteiger partial charge in [-0.2, -0.15) is 10.1 Å². The van der Waals surface area contributed by atoms with Crippen molar-refractivity contribution in [2.75, 3.05) is 18.0 Å². The van der Waals surface area contributed by atoms with Gasteiger partial charge >= 0.3 is 0 Å². The van der Waals surface area contributed by atoms with E-state index >= 15 is 0 Å². The van der Waals surface area contributed by atoms with E-state index in [2.05, 4.69) is 76.1 Å². The molecule has 1 fully saturated rings. The van der Waals surface area contributed by atoms with Gasteiger partial charge in [-0.3, -0.25) is 9.50 Å². The van der Waals surface area contributed by atoms with E-state index < -0.39 is 11.4 Å². The Morgan fingerprint density at radius 3 is 2.76 bits per heavy atom. The first-order valence-electron chi connectivity index (χ1n) is 11.6. The summed E-state index contributed by atoms with van der Waals surface area (Å²) in [6.45, 7) is 7.84. The van der Waals surface area contributed by atoms with Gasteiger partial charge in [0.05, 0.1) is 11.4 Å². The molecule has 8 nitrogen and oxygen atoms in total. The summed E-state index contributed by atoms with van der Waals surface area (Å²) in [4.78, 5) is 11.8. The topological polar surface area (TPSA) is 97.2 Å². The lowest BCUT2D eigenvalue weighted by Gasteiger charge is -2.44. The van der Waals surface area contributed by atoms with Crippen molar-refractivity contribution in [3.63, 3.8) is 0 Å². The number of hydrogen-bond acceptors (Lipinski definition) is 6. The molecule has 2 N–H and O–H groups in total. The molecule has 1 spiro atoms. The summed E-state index contributed by atoms with van der Waals surface area (Å²) in [6.07, 6.45) is 6.81. The number of piperidine rings is 1. The Balaban J connectivity index is 1.32. The van der Waals surface area contributed by atoms with E-state index in [4.69, 9.17) is 4.98 Å². The van der Waals surface area contributed by atoms with Gasteiger partial charge < -0.3 is 9.45 Å². The van der Waals surface area contributed by atoms with Gasteiger partial charge in [-0.25, -0.2) is 4.98 Å². The van der Waals surface area contributed by atoms with Gasteiger partial charge in [-0.1, -0.05) is 24.3 Å². The van der Waals surface area contributed by atoms with Crippen LogP contribution in [-0.4, -0.2) is 47.0 Å². The summed E-state index contributed by atoms with van der Waals surface area (Å²) in [5.74, 6) is 0.885. The smallest absolute Gasteiger partial charge is 0.213 e. The van der Waals surface area contributed by atoms with E-state index in [-0.39, 0.29) is 16.2 Å². The van der Waals surface area contributed by atoms with E-state index in [9.17, 15) is 4.55 Å². The zero-order valence-electron chi connectivity index (χ0n) is 19.5. The molecule has 6 rings (SSSR count). The number of aromatic amines is 1. The van der Waals surface area contributed by atoms with Gasteiger partial charge in [-0.05, 0) is 73.8 Å². The molecule has 1 aliphatic heterocycles. The number of nitrogens with one attached hydrogen (secondary N) is 2. The van der Waals surface area contributed by atoms with Crippen molar-refractivity contribution in [1.29, 1.82) is 0 Å². The van der Waals surface area contributed by atoms with Crippen LogP contribution in [0.3, 0.4) is 0 Å². The number of imidazole rings is 1. The fourth-order valence-electron chi connectivity index (χ4n) is 5.49. The van der Waals surface area contributed by atoms with Crippen molar-refractivity contribution >= 4 is 56.6 Å². The first kappa shape index (κ1) is 22.6. The lowest BCUT2D eigenvalue weighted by Crippen LogP contribution is -2.50. The maximum absolute atomic E-state index is 13.1. The molecular weight excluding hydrogens is 561 g/mol. The molecule has 0 amide bonds. The van der Waals surface area contributed by atoms with Gasteiger partial charge in [0.2, 0.25) is 5.95 Å². The molecule has 34 heavy (non-hydrogen) atoms. The number of benzene rings is 1. The SMILES string of the molecule is CC(C)(C)[S+]([O-])N[C@@H]1c2ccccc2CC12CCN(c1nc3n[nH]c(I)c3c3nccn13)CC2. The summed E-state index contributed by atoms with van der Waals surface area (Å²) in [7, 11) is 0. The molecule has 4 aromatic rings. The predicted molar refractivity (Wildman–Crippen MR) is 143 cm³/mol. The largest absolute Gasteiger partial charge is 0.598 e. The number of aromatic nitrogens is 5. The second-order valence-corrected chi connectivity index (χ2v) is 13.5. The van der Waals surface area contributed by atoms with Crippen molar-refractivity contribution in [3.8, 4) is 0 Å². The summed E-state index contributed by atoms with van der Waals surface area (Å²) in [5.41, 5.74) is 4.30. The zero-order chi connectivity index (χ0) is 23.7. The number of halogens is 1. The van der Waals surface area contributed by atoms with Crippen molar-refractivity contribution in [3.05, 3.63) is 51.5 Å². The van der Waals surface area contributed by atoms with E-state index in [1.54, 1.807) is 0 Å². The lowest BCUT2D eigenvalue weighted by molar-refractivity contribution is 0.175. The Hall–Kier alpha value is -1.89. The molecule has 0 bridgehead atoms. The fraction of sp³-hybridized carbons (Fsp3) is 0.458. The van der Waals surface area contributed by atoms with Gasteiger partial charge in [0.1, 0.15) is 8.45 Å². The van der Waals surface area contributed by atoms with Crippen LogP contribution in [0, 0.1) is 9.12 Å². The van der Waals surface area contributed by atoms with Gasteiger partial charge in [-0.15, -0.1) is 4.72 Å². The van der Waals surface area contributed by atoms with Crippen molar-refractivity contribution in [2.24, 2.45) is 5.41 Å². The molecule has 1 aliphatic carbocycles. The highest BCUT2D eigenvalue weighted by atomic mass is 127. The Morgan fingerprint density at radius 2 is 2.00 bits per heavy atom. The highest BCUT2D eigenvalue weighted by molar-refractivity contribution is 14.1. The molecule has 1 unspecified atom stereocenters. The summed E-state index contributed by atoms with van der Waals surface area (Å²) in [6, 6.07) is 8.74. The third kappa shape index (κ3) is 3.52. The van der Waals surface area contributed by atoms with E-state index in [1.165, 1.54) is 11.1 Å². The quantitative estimate of drug-likeness (QED) is 0.276. The Kier molecular flexibility index (Phi) is 5.36. The fourth-order valence-corrected chi connectivity index (χ4v) is 7.04. The molecule has 1 aromatic carbocycles. The number of nitrogens with zero attached hydrogens (tertiary/aromatic N) is 5. The number of hydrogen-bond donors (Lipinski definition) is 2. The Bertz CT molecular complexity index is 1370. The first-order chi connectivity index (χ1) is 16.3. The monoisotopic (exact) mass is 589 g/mol.